The monoisotopic (exact) mass is 280 g/mol. The van der Waals surface area contributed by atoms with Crippen molar-refractivity contribution in [2.75, 3.05) is 0 Å². The Kier molecular flexibility index (Phi) is 3.88. The molecule has 0 radical (unpaired) electrons. The van der Waals surface area contributed by atoms with E-state index in [1.807, 2.05) is 0 Å². The van der Waals surface area contributed by atoms with Crippen molar-refractivity contribution in [1.29, 1.82) is 0 Å². The van der Waals surface area contributed by atoms with Gasteiger partial charge in [0.15, 0.2) is 0 Å². The molecular weight excluding hydrogens is 260 g/mol. The van der Waals surface area contributed by atoms with Crippen LogP contribution < -0.4 is 0 Å². The highest BCUT2D eigenvalue weighted by Gasteiger charge is 2.25. The highest BCUT2D eigenvalue weighted by Crippen LogP contribution is 2.33. The lowest BCUT2D eigenvalue weighted by atomic mass is 9.97. The van der Waals surface area contributed by atoms with Crippen molar-refractivity contribution in [3.05, 3.63) is 35.1 Å². The fourth-order valence-electron chi connectivity index (χ4n) is 2.18. The summed E-state index contributed by atoms with van der Waals surface area (Å²) in [7, 11) is 0. The topological polar surface area (TPSA) is 94.1 Å². The van der Waals surface area contributed by atoms with Crippen molar-refractivity contribution < 1.29 is 24.8 Å². The van der Waals surface area contributed by atoms with Crippen molar-refractivity contribution in [2.45, 2.75) is 45.2 Å². The first-order chi connectivity index (χ1) is 9.25. The summed E-state index contributed by atoms with van der Waals surface area (Å²) in [6.07, 6.45) is -2.06. The zero-order valence-electron chi connectivity index (χ0n) is 11.8. The minimum absolute atomic E-state index is 0.324. The van der Waals surface area contributed by atoms with Crippen LogP contribution in [-0.2, 0) is 12.2 Å². The van der Waals surface area contributed by atoms with Gasteiger partial charge in [0.05, 0.1) is 12.7 Å². The van der Waals surface area contributed by atoms with Crippen molar-refractivity contribution in [2.24, 2.45) is 0 Å². The maximum atomic E-state index is 9.98. The third-order valence-corrected chi connectivity index (χ3v) is 3.36. The maximum Gasteiger partial charge on any atom is 0.140 e. The second-order valence-corrected chi connectivity index (χ2v) is 5.56. The Labute approximate surface area is 117 Å². The summed E-state index contributed by atoms with van der Waals surface area (Å²) in [5.74, 6) is 0.380. The number of hydrogen-bond acceptors (Lipinski definition) is 5. The summed E-state index contributed by atoms with van der Waals surface area (Å²) >= 11 is 0. The van der Waals surface area contributed by atoms with Gasteiger partial charge in [0.1, 0.15) is 23.0 Å². The number of benzene rings is 1. The molecule has 1 aromatic carbocycles. The highest BCUT2D eigenvalue weighted by molar-refractivity contribution is 5.82. The fraction of sp³-hybridized carbons (Fsp3) is 0.467. The van der Waals surface area contributed by atoms with Gasteiger partial charge in [-0.25, -0.2) is 0 Å². The van der Waals surface area contributed by atoms with E-state index in [0.717, 1.165) is 5.39 Å². The first-order valence-corrected chi connectivity index (χ1v) is 6.51. The number of furan rings is 1. The molecule has 0 aliphatic carbocycles. The number of aliphatic hydroxyl groups excluding tert-OH is 3. The predicted octanol–water partition coefficient (Wildman–Crippen LogP) is 1.57. The van der Waals surface area contributed by atoms with Gasteiger partial charge in [0, 0.05) is 10.9 Å². The molecule has 5 nitrogen and oxygen atoms in total. The Morgan fingerprint density at radius 2 is 1.90 bits per heavy atom. The van der Waals surface area contributed by atoms with E-state index in [2.05, 4.69) is 0 Å². The van der Waals surface area contributed by atoms with Gasteiger partial charge in [-0.15, -0.1) is 0 Å². The molecule has 20 heavy (non-hydrogen) atoms. The van der Waals surface area contributed by atoms with Gasteiger partial charge in [-0.1, -0.05) is 12.1 Å². The zero-order chi connectivity index (χ0) is 15.1. The van der Waals surface area contributed by atoms with E-state index >= 15 is 0 Å². The van der Waals surface area contributed by atoms with Crippen LogP contribution in [0.4, 0.5) is 0 Å². The second-order valence-electron chi connectivity index (χ2n) is 5.56. The van der Waals surface area contributed by atoms with Crippen LogP contribution in [0.2, 0.25) is 0 Å². The molecule has 2 aromatic rings. The summed E-state index contributed by atoms with van der Waals surface area (Å²) in [5, 5.41) is 39.7. The van der Waals surface area contributed by atoms with Crippen molar-refractivity contribution in [3.8, 4) is 0 Å². The lowest BCUT2D eigenvalue weighted by molar-refractivity contribution is 0.0293. The molecular formula is C15H20O5. The predicted molar refractivity (Wildman–Crippen MR) is 74.0 cm³/mol. The molecule has 2 atom stereocenters. The van der Waals surface area contributed by atoms with Gasteiger partial charge in [0.25, 0.3) is 0 Å². The summed E-state index contributed by atoms with van der Waals surface area (Å²) in [4.78, 5) is 0. The van der Waals surface area contributed by atoms with E-state index < -0.39 is 17.8 Å². The standard InChI is InChI=1S/C15H20O5/c1-8(17)13(18)10-5-4-9-6-12(15(2,3)19)20-14(9)11(10)7-16/h4-6,8,13,16-19H,7H2,1-3H3/t8-,13-/m0/s1. The Morgan fingerprint density at radius 1 is 1.25 bits per heavy atom. The van der Waals surface area contributed by atoms with Gasteiger partial charge in [-0.05, 0) is 32.4 Å². The Balaban J connectivity index is 2.64. The highest BCUT2D eigenvalue weighted by atomic mass is 16.4. The number of fused-ring (bicyclic) bond motifs is 1. The molecule has 1 heterocycles. The van der Waals surface area contributed by atoms with Crippen LogP contribution in [0.5, 0.6) is 0 Å². The molecule has 0 saturated carbocycles. The smallest absolute Gasteiger partial charge is 0.140 e. The van der Waals surface area contributed by atoms with Crippen LogP contribution in [0.25, 0.3) is 11.0 Å². The third-order valence-electron chi connectivity index (χ3n) is 3.36. The van der Waals surface area contributed by atoms with E-state index in [1.165, 1.54) is 6.92 Å². The quantitative estimate of drug-likeness (QED) is 0.682. The van der Waals surface area contributed by atoms with Gasteiger partial charge >= 0.3 is 0 Å². The van der Waals surface area contributed by atoms with Crippen molar-refractivity contribution in [1.82, 2.24) is 0 Å². The molecule has 0 saturated heterocycles. The Bertz CT molecular complexity index is 606. The summed E-state index contributed by atoms with van der Waals surface area (Å²) in [5.41, 5.74) is 0.134. The molecule has 1 aromatic heterocycles. The summed E-state index contributed by atoms with van der Waals surface area (Å²) < 4.78 is 5.62. The molecule has 0 spiro atoms. The average Bonchev–Trinajstić information content (AvgIpc) is 2.80. The zero-order valence-corrected chi connectivity index (χ0v) is 11.8. The van der Waals surface area contributed by atoms with E-state index in [-0.39, 0.29) is 6.61 Å². The van der Waals surface area contributed by atoms with Crippen LogP contribution in [-0.4, -0.2) is 26.5 Å². The average molecular weight is 280 g/mol. The molecule has 0 aliphatic heterocycles. The van der Waals surface area contributed by atoms with Gasteiger partial charge < -0.3 is 24.8 Å². The number of rotatable bonds is 4. The minimum atomic E-state index is -1.13. The molecule has 4 N–H and O–H groups in total. The molecule has 5 heteroatoms. The molecule has 0 unspecified atom stereocenters. The summed E-state index contributed by atoms with van der Waals surface area (Å²) in [6.45, 7) is 4.36. The van der Waals surface area contributed by atoms with Crippen LogP contribution in [0.15, 0.2) is 22.6 Å². The lowest BCUT2D eigenvalue weighted by Crippen LogP contribution is -2.15. The van der Waals surface area contributed by atoms with Crippen LogP contribution >= 0.6 is 0 Å². The molecule has 0 fully saturated rings. The SMILES string of the molecule is C[C@H](O)[C@H](O)c1ccc2cc(C(C)(C)O)oc2c1CO. The molecule has 0 bridgehead atoms. The van der Waals surface area contributed by atoms with E-state index in [9.17, 15) is 20.4 Å². The van der Waals surface area contributed by atoms with E-state index in [1.54, 1.807) is 32.0 Å². The maximum absolute atomic E-state index is 9.98. The van der Waals surface area contributed by atoms with Gasteiger partial charge in [0.2, 0.25) is 0 Å². The largest absolute Gasteiger partial charge is 0.458 e. The molecule has 110 valence electrons. The number of hydrogen-bond donors (Lipinski definition) is 4. The van der Waals surface area contributed by atoms with Gasteiger partial charge in [-0.3, -0.25) is 0 Å². The van der Waals surface area contributed by atoms with E-state index in [0.29, 0.717) is 22.5 Å². The van der Waals surface area contributed by atoms with Crippen molar-refractivity contribution in [3.63, 3.8) is 0 Å². The van der Waals surface area contributed by atoms with Gasteiger partial charge in [-0.2, -0.15) is 0 Å². The second kappa shape index (κ2) is 5.18. The number of aliphatic hydroxyl groups is 4. The van der Waals surface area contributed by atoms with Crippen LogP contribution in [0.3, 0.4) is 0 Å². The first kappa shape index (κ1) is 15.0. The van der Waals surface area contributed by atoms with E-state index in [4.69, 9.17) is 4.42 Å². The van der Waals surface area contributed by atoms with Crippen LogP contribution in [0, 0.1) is 0 Å². The third kappa shape index (κ3) is 2.58. The van der Waals surface area contributed by atoms with Crippen LogP contribution in [0.1, 0.15) is 43.8 Å². The summed E-state index contributed by atoms with van der Waals surface area (Å²) in [6, 6.07) is 5.08. The first-order valence-electron chi connectivity index (χ1n) is 6.51. The molecule has 2 rings (SSSR count). The fourth-order valence-corrected chi connectivity index (χ4v) is 2.18. The van der Waals surface area contributed by atoms with Crippen molar-refractivity contribution >= 4 is 11.0 Å². The normalized spacial score (nSPS) is 15.6. The molecule has 0 aliphatic rings. The molecule has 0 amide bonds. The minimum Gasteiger partial charge on any atom is -0.458 e. The Hall–Kier alpha value is -1.40. The Morgan fingerprint density at radius 3 is 2.40 bits per heavy atom. The lowest BCUT2D eigenvalue weighted by Gasteiger charge is -2.17.